The number of carbonyl (C=O) groups excluding carboxylic acids is 1. The molecule has 0 aliphatic rings. The van der Waals surface area contributed by atoms with E-state index >= 15 is 0 Å². The van der Waals surface area contributed by atoms with Gasteiger partial charge in [0, 0.05) is 20.6 Å². The minimum atomic E-state index is -0.390. The van der Waals surface area contributed by atoms with Crippen LogP contribution in [0.1, 0.15) is 10.4 Å². The van der Waals surface area contributed by atoms with Gasteiger partial charge in [-0.25, -0.2) is 4.68 Å². The molecule has 0 aliphatic carbocycles. The number of hydrogen-bond donors (Lipinski definition) is 0. The summed E-state index contributed by atoms with van der Waals surface area (Å²) in [7, 11) is 3.28. The SMILES string of the molecule is C=CCN(C)c1cnn(C)c(=O)c1C=O. The summed E-state index contributed by atoms with van der Waals surface area (Å²) >= 11 is 0. The predicted molar refractivity (Wildman–Crippen MR) is 58.3 cm³/mol. The van der Waals surface area contributed by atoms with Gasteiger partial charge in [0.1, 0.15) is 5.56 Å². The van der Waals surface area contributed by atoms with Crippen LogP contribution in [0.4, 0.5) is 5.69 Å². The maximum atomic E-state index is 11.5. The van der Waals surface area contributed by atoms with Gasteiger partial charge < -0.3 is 4.90 Å². The van der Waals surface area contributed by atoms with Crippen LogP contribution in [0.3, 0.4) is 0 Å². The Hall–Kier alpha value is -1.91. The molecule has 0 fully saturated rings. The largest absolute Gasteiger partial charge is 0.369 e. The molecule has 0 aliphatic heterocycles. The second-order valence-electron chi connectivity index (χ2n) is 3.16. The van der Waals surface area contributed by atoms with Crippen molar-refractivity contribution in [2.75, 3.05) is 18.5 Å². The highest BCUT2D eigenvalue weighted by atomic mass is 16.1. The molecular formula is C10H13N3O2. The van der Waals surface area contributed by atoms with E-state index in [-0.39, 0.29) is 5.56 Å². The first-order chi connectivity index (χ1) is 7.11. The highest BCUT2D eigenvalue weighted by molar-refractivity contribution is 5.83. The summed E-state index contributed by atoms with van der Waals surface area (Å²) in [5.74, 6) is 0. The van der Waals surface area contributed by atoms with E-state index in [0.29, 0.717) is 18.5 Å². The summed E-state index contributed by atoms with van der Waals surface area (Å²) in [5.41, 5.74) is 0.253. The van der Waals surface area contributed by atoms with Crippen molar-refractivity contribution in [2.24, 2.45) is 7.05 Å². The van der Waals surface area contributed by atoms with Crippen molar-refractivity contribution < 1.29 is 4.79 Å². The Bertz CT molecular complexity index is 437. The average molecular weight is 207 g/mol. The zero-order valence-electron chi connectivity index (χ0n) is 8.80. The highest BCUT2D eigenvalue weighted by Crippen LogP contribution is 2.11. The lowest BCUT2D eigenvalue weighted by Crippen LogP contribution is -2.28. The van der Waals surface area contributed by atoms with Gasteiger partial charge in [-0.1, -0.05) is 6.08 Å². The summed E-state index contributed by atoms with van der Waals surface area (Å²) in [6, 6.07) is 0. The smallest absolute Gasteiger partial charge is 0.279 e. The van der Waals surface area contributed by atoms with E-state index in [1.165, 1.54) is 13.2 Å². The van der Waals surface area contributed by atoms with Crippen LogP contribution in [-0.2, 0) is 7.05 Å². The molecule has 0 spiro atoms. The molecule has 1 rings (SSSR count). The van der Waals surface area contributed by atoms with Crippen LogP contribution in [0.25, 0.3) is 0 Å². The summed E-state index contributed by atoms with van der Waals surface area (Å²) in [5, 5.41) is 3.86. The fraction of sp³-hybridized carbons (Fsp3) is 0.300. The van der Waals surface area contributed by atoms with Crippen molar-refractivity contribution in [1.82, 2.24) is 9.78 Å². The van der Waals surface area contributed by atoms with Crippen molar-refractivity contribution in [1.29, 1.82) is 0 Å². The average Bonchev–Trinajstić information content (AvgIpc) is 2.22. The molecule has 1 heterocycles. The van der Waals surface area contributed by atoms with E-state index in [0.717, 1.165) is 4.68 Å². The van der Waals surface area contributed by atoms with Crippen molar-refractivity contribution in [3.8, 4) is 0 Å². The molecule has 15 heavy (non-hydrogen) atoms. The third-order valence-corrected chi connectivity index (χ3v) is 2.09. The summed E-state index contributed by atoms with van der Waals surface area (Å²) < 4.78 is 1.13. The Kier molecular flexibility index (Phi) is 3.38. The van der Waals surface area contributed by atoms with E-state index in [1.807, 2.05) is 0 Å². The van der Waals surface area contributed by atoms with Crippen molar-refractivity contribution in [3.05, 3.63) is 34.8 Å². The van der Waals surface area contributed by atoms with E-state index in [9.17, 15) is 9.59 Å². The third-order valence-electron chi connectivity index (χ3n) is 2.09. The Morgan fingerprint density at radius 2 is 2.33 bits per heavy atom. The molecule has 0 bridgehead atoms. The Labute approximate surface area is 87.6 Å². The van der Waals surface area contributed by atoms with E-state index in [2.05, 4.69) is 11.7 Å². The van der Waals surface area contributed by atoms with Gasteiger partial charge in [0.25, 0.3) is 5.56 Å². The standard InChI is InChI=1S/C10H13N3O2/c1-4-5-12(2)9-6-11-13(3)10(15)8(9)7-14/h4,6-7H,1,5H2,2-3H3. The van der Waals surface area contributed by atoms with Crippen molar-refractivity contribution >= 4 is 12.0 Å². The lowest BCUT2D eigenvalue weighted by molar-refractivity contribution is 0.112. The Morgan fingerprint density at radius 3 is 2.87 bits per heavy atom. The first-order valence-corrected chi connectivity index (χ1v) is 4.45. The van der Waals surface area contributed by atoms with Gasteiger partial charge in [-0.3, -0.25) is 9.59 Å². The van der Waals surface area contributed by atoms with Gasteiger partial charge in [0.2, 0.25) is 0 Å². The maximum Gasteiger partial charge on any atom is 0.279 e. The number of aromatic nitrogens is 2. The molecule has 0 amide bonds. The first-order valence-electron chi connectivity index (χ1n) is 4.45. The Balaban J connectivity index is 3.30. The van der Waals surface area contributed by atoms with Gasteiger partial charge in [0.15, 0.2) is 6.29 Å². The van der Waals surface area contributed by atoms with E-state index < -0.39 is 5.56 Å². The van der Waals surface area contributed by atoms with Crippen molar-refractivity contribution in [3.63, 3.8) is 0 Å². The predicted octanol–water partition coefficient (Wildman–Crippen LogP) is 0.215. The van der Waals surface area contributed by atoms with Crippen LogP contribution < -0.4 is 10.5 Å². The zero-order valence-corrected chi connectivity index (χ0v) is 8.80. The number of aldehydes is 1. The normalized spacial score (nSPS) is 9.73. The number of carbonyl (C=O) groups is 1. The fourth-order valence-electron chi connectivity index (χ4n) is 1.25. The highest BCUT2D eigenvalue weighted by Gasteiger charge is 2.11. The monoisotopic (exact) mass is 207 g/mol. The second-order valence-corrected chi connectivity index (χ2v) is 3.16. The molecule has 0 N–H and O–H groups in total. The van der Waals surface area contributed by atoms with E-state index in [1.54, 1.807) is 18.0 Å². The molecule has 0 saturated carbocycles. The van der Waals surface area contributed by atoms with Crippen molar-refractivity contribution in [2.45, 2.75) is 0 Å². The van der Waals surface area contributed by atoms with Crippen LogP contribution in [-0.4, -0.2) is 29.7 Å². The quantitative estimate of drug-likeness (QED) is 0.523. The Morgan fingerprint density at radius 1 is 1.67 bits per heavy atom. The van der Waals surface area contributed by atoms with Crippen LogP contribution in [0.15, 0.2) is 23.6 Å². The number of hydrogen-bond acceptors (Lipinski definition) is 4. The van der Waals surface area contributed by atoms with Crippen LogP contribution in [0, 0.1) is 0 Å². The van der Waals surface area contributed by atoms with Gasteiger partial charge in [-0.05, 0) is 0 Å². The minimum Gasteiger partial charge on any atom is -0.369 e. The van der Waals surface area contributed by atoms with Gasteiger partial charge in [-0.15, -0.1) is 6.58 Å². The number of likely N-dealkylation sites (N-methyl/N-ethyl adjacent to an activating group) is 1. The molecule has 1 aromatic rings. The molecule has 5 heteroatoms. The van der Waals surface area contributed by atoms with Crippen LogP contribution in [0.2, 0.25) is 0 Å². The van der Waals surface area contributed by atoms with Gasteiger partial charge >= 0.3 is 0 Å². The van der Waals surface area contributed by atoms with Crippen LogP contribution in [0.5, 0.6) is 0 Å². The molecule has 1 aromatic heterocycles. The fourth-order valence-corrected chi connectivity index (χ4v) is 1.25. The molecule has 5 nitrogen and oxygen atoms in total. The van der Waals surface area contributed by atoms with Crippen LogP contribution >= 0.6 is 0 Å². The number of nitrogens with zero attached hydrogens (tertiary/aromatic N) is 3. The molecule has 0 radical (unpaired) electrons. The summed E-state index contributed by atoms with van der Waals surface area (Å²) in [4.78, 5) is 24.1. The van der Waals surface area contributed by atoms with Gasteiger partial charge in [0.05, 0.1) is 11.9 Å². The minimum absolute atomic E-state index is 0.122. The molecular weight excluding hydrogens is 194 g/mol. The molecule has 0 aromatic carbocycles. The van der Waals surface area contributed by atoms with Gasteiger partial charge in [-0.2, -0.15) is 5.10 Å². The lowest BCUT2D eigenvalue weighted by Gasteiger charge is -2.18. The third kappa shape index (κ3) is 2.12. The topological polar surface area (TPSA) is 55.2 Å². The lowest BCUT2D eigenvalue weighted by atomic mass is 10.2. The molecule has 0 saturated heterocycles. The molecule has 0 atom stereocenters. The zero-order chi connectivity index (χ0) is 11.4. The number of anilines is 1. The first kappa shape index (κ1) is 11.2. The second kappa shape index (κ2) is 4.54. The number of aryl methyl sites for hydroxylation is 1. The maximum absolute atomic E-state index is 11.5. The number of rotatable bonds is 4. The molecule has 0 unspecified atom stereocenters. The summed E-state index contributed by atoms with van der Waals surface area (Å²) in [6.07, 6.45) is 3.74. The van der Waals surface area contributed by atoms with E-state index in [4.69, 9.17) is 0 Å². The molecule has 80 valence electrons. The summed E-state index contributed by atoms with van der Waals surface area (Å²) in [6.45, 7) is 4.14.